The van der Waals surface area contributed by atoms with Gasteiger partial charge in [0, 0.05) is 0 Å². The Morgan fingerprint density at radius 3 is 1.95 bits per heavy atom. The van der Waals surface area contributed by atoms with E-state index in [0.29, 0.717) is 6.61 Å². The van der Waals surface area contributed by atoms with Crippen molar-refractivity contribution in [1.29, 1.82) is 0 Å². The van der Waals surface area contributed by atoms with Crippen LogP contribution in [0.5, 0.6) is 0 Å². The average molecular weight is 268 g/mol. The van der Waals surface area contributed by atoms with E-state index in [1.54, 1.807) is 0 Å². The van der Waals surface area contributed by atoms with Crippen molar-refractivity contribution in [3.63, 3.8) is 0 Å². The number of ether oxygens (including phenoxy) is 2. The summed E-state index contributed by atoms with van der Waals surface area (Å²) < 4.78 is 12.0. The SMILES string of the molecule is O[C@H]1CO[C@H]2[C@@H]1OC2(c1ccccc1)c1ccccc1. The van der Waals surface area contributed by atoms with Crippen molar-refractivity contribution in [2.45, 2.75) is 23.9 Å². The van der Waals surface area contributed by atoms with Crippen molar-refractivity contribution in [3.05, 3.63) is 71.8 Å². The zero-order valence-corrected chi connectivity index (χ0v) is 11.0. The first-order valence-electron chi connectivity index (χ1n) is 6.91. The van der Waals surface area contributed by atoms with Crippen LogP contribution in [0.15, 0.2) is 60.7 Å². The second kappa shape index (κ2) is 4.42. The fourth-order valence-corrected chi connectivity index (χ4v) is 3.29. The minimum absolute atomic E-state index is 0.123. The first-order valence-corrected chi connectivity index (χ1v) is 6.91. The van der Waals surface area contributed by atoms with E-state index >= 15 is 0 Å². The summed E-state index contributed by atoms with van der Waals surface area (Å²) in [5, 5.41) is 9.90. The molecular weight excluding hydrogens is 252 g/mol. The Morgan fingerprint density at radius 2 is 1.45 bits per heavy atom. The molecule has 0 bridgehead atoms. The molecule has 2 aromatic carbocycles. The van der Waals surface area contributed by atoms with Crippen molar-refractivity contribution in [3.8, 4) is 0 Å². The van der Waals surface area contributed by atoms with Gasteiger partial charge in [-0.15, -0.1) is 0 Å². The molecule has 2 saturated heterocycles. The average Bonchev–Trinajstić information content (AvgIpc) is 2.78. The lowest BCUT2D eigenvalue weighted by atomic mass is 9.74. The van der Waals surface area contributed by atoms with E-state index in [4.69, 9.17) is 9.47 Å². The second-order valence-electron chi connectivity index (χ2n) is 5.37. The minimum Gasteiger partial charge on any atom is -0.388 e. The highest BCUT2D eigenvalue weighted by Crippen LogP contribution is 2.52. The molecule has 0 radical (unpaired) electrons. The third kappa shape index (κ3) is 1.51. The molecule has 2 heterocycles. The molecule has 0 spiro atoms. The van der Waals surface area contributed by atoms with E-state index in [9.17, 15) is 5.11 Å². The van der Waals surface area contributed by atoms with Gasteiger partial charge in [-0.25, -0.2) is 0 Å². The number of fused-ring (bicyclic) bond motifs is 1. The van der Waals surface area contributed by atoms with Gasteiger partial charge in [0.25, 0.3) is 0 Å². The number of hydrogen-bond donors (Lipinski definition) is 1. The van der Waals surface area contributed by atoms with Gasteiger partial charge in [-0.3, -0.25) is 0 Å². The minimum atomic E-state index is -0.593. The number of benzene rings is 2. The molecular formula is C17H16O3. The van der Waals surface area contributed by atoms with Crippen LogP contribution in [0, 0.1) is 0 Å². The van der Waals surface area contributed by atoms with Crippen molar-refractivity contribution in [2.24, 2.45) is 0 Å². The molecule has 1 N–H and O–H groups in total. The van der Waals surface area contributed by atoms with Crippen LogP contribution in [0.4, 0.5) is 0 Å². The summed E-state index contributed by atoms with van der Waals surface area (Å²) in [6.07, 6.45) is -0.877. The Labute approximate surface area is 117 Å². The first-order chi connectivity index (χ1) is 9.82. The van der Waals surface area contributed by atoms with Gasteiger partial charge in [0.05, 0.1) is 6.61 Å². The molecule has 4 rings (SSSR count). The summed E-state index contributed by atoms with van der Waals surface area (Å²) >= 11 is 0. The predicted molar refractivity (Wildman–Crippen MR) is 74.3 cm³/mol. The van der Waals surface area contributed by atoms with E-state index in [2.05, 4.69) is 24.3 Å². The van der Waals surface area contributed by atoms with Crippen LogP contribution < -0.4 is 0 Å². The lowest BCUT2D eigenvalue weighted by molar-refractivity contribution is -0.266. The lowest BCUT2D eigenvalue weighted by Gasteiger charge is -2.52. The highest BCUT2D eigenvalue weighted by Gasteiger charge is 2.63. The smallest absolute Gasteiger partial charge is 0.147 e. The molecule has 2 aromatic rings. The molecule has 0 unspecified atom stereocenters. The maximum absolute atomic E-state index is 9.90. The summed E-state index contributed by atoms with van der Waals surface area (Å²) in [5.41, 5.74) is 1.55. The molecule has 2 aliphatic rings. The van der Waals surface area contributed by atoms with Gasteiger partial charge in [0.15, 0.2) is 0 Å². The Morgan fingerprint density at radius 1 is 0.900 bits per heavy atom. The van der Waals surface area contributed by atoms with Crippen molar-refractivity contribution in [2.75, 3.05) is 6.61 Å². The Hall–Kier alpha value is -1.68. The van der Waals surface area contributed by atoms with Gasteiger partial charge in [-0.1, -0.05) is 60.7 Å². The van der Waals surface area contributed by atoms with Crippen LogP contribution >= 0.6 is 0 Å². The van der Waals surface area contributed by atoms with Crippen LogP contribution in [0.1, 0.15) is 11.1 Å². The van der Waals surface area contributed by atoms with E-state index in [0.717, 1.165) is 11.1 Å². The van der Waals surface area contributed by atoms with Crippen LogP contribution in [0.25, 0.3) is 0 Å². The largest absolute Gasteiger partial charge is 0.388 e. The Kier molecular flexibility index (Phi) is 2.67. The number of hydrogen-bond acceptors (Lipinski definition) is 3. The molecule has 2 fully saturated rings. The van der Waals surface area contributed by atoms with Crippen molar-refractivity contribution < 1.29 is 14.6 Å². The predicted octanol–water partition coefficient (Wildman–Crippen LogP) is 2.09. The maximum Gasteiger partial charge on any atom is 0.147 e. The summed E-state index contributed by atoms with van der Waals surface area (Å²) in [5.74, 6) is 0. The molecule has 102 valence electrons. The number of rotatable bonds is 2. The van der Waals surface area contributed by atoms with Crippen LogP contribution in [-0.4, -0.2) is 30.0 Å². The second-order valence-corrected chi connectivity index (χ2v) is 5.37. The van der Waals surface area contributed by atoms with E-state index < -0.39 is 11.7 Å². The molecule has 0 saturated carbocycles. The first kappa shape index (κ1) is 12.1. The zero-order valence-electron chi connectivity index (χ0n) is 11.0. The lowest BCUT2D eigenvalue weighted by Crippen LogP contribution is -2.63. The highest BCUT2D eigenvalue weighted by molar-refractivity contribution is 5.42. The standard InChI is InChI=1S/C17H16O3/c18-14-11-19-16-15(14)20-17(16,12-7-3-1-4-8-12)13-9-5-2-6-10-13/h1-10,14-16,18H,11H2/t14-,15+,16-/m0/s1. The van der Waals surface area contributed by atoms with Gasteiger partial charge in [0.2, 0.25) is 0 Å². The summed E-state index contributed by atoms with van der Waals surface area (Å²) in [6.45, 7) is 0.344. The fourth-order valence-electron chi connectivity index (χ4n) is 3.29. The summed E-state index contributed by atoms with van der Waals surface area (Å²) in [7, 11) is 0. The van der Waals surface area contributed by atoms with Gasteiger partial charge < -0.3 is 14.6 Å². The molecule has 3 heteroatoms. The van der Waals surface area contributed by atoms with E-state index in [-0.39, 0.29) is 12.2 Å². The third-order valence-electron chi connectivity index (χ3n) is 4.25. The fraction of sp³-hybridized carbons (Fsp3) is 0.294. The van der Waals surface area contributed by atoms with Gasteiger partial charge in [-0.2, -0.15) is 0 Å². The highest BCUT2D eigenvalue weighted by atomic mass is 16.6. The molecule has 20 heavy (non-hydrogen) atoms. The van der Waals surface area contributed by atoms with E-state index in [1.165, 1.54) is 0 Å². The number of aliphatic hydroxyl groups is 1. The summed E-state index contributed by atoms with van der Waals surface area (Å²) in [6, 6.07) is 20.2. The Balaban J connectivity index is 1.84. The van der Waals surface area contributed by atoms with Gasteiger partial charge in [-0.05, 0) is 11.1 Å². The monoisotopic (exact) mass is 268 g/mol. The van der Waals surface area contributed by atoms with Crippen LogP contribution in [0.2, 0.25) is 0 Å². The molecule has 3 atom stereocenters. The zero-order chi connectivity index (χ0) is 13.6. The van der Waals surface area contributed by atoms with Crippen LogP contribution in [0.3, 0.4) is 0 Å². The molecule has 0 aliphatic carbocycles. The Bertz CT molecular complexity index is 557. The molecule has 0 aromatic heterocycles. The molecule has 3 nitrogen and oxygen atoms in total. The quantitative estimate of drug-likeness (QED) is 0.906. The maximum atomic E-state index is 9.90. The topological polar surface area (TPSA) is 38.7 Å². The van der Waals surface area contributed by atoms with Crippen molar-refractivity contribution in [1.82, 2.24) is 0 Å². The van der Waals surface area contributed by atoms with Gasteiger partial charge >= 0.3 is 0 Å². The van der Waals surface area contributed by atoms with Crippen LogP contribution in [-0.2, 0) is 15.1 Å². The van der Waals surface area contributed by atoms with Crippen molar-refractivity contribution >= 4 is 0 Å². The van der Waals surface area contributed by atoms with E-state index in [1.807, 2.05) is 36.4 Å². The molecule has 0 amide bonds. The summed E-state index contributed by atoms with van der Waals surface area (Å²) in [4.78, 5) is 0. The van der Waals surface area contributed by atoms with Gasteiger partial charge in [0.1, 0.15) is 23.9 Å². The molecule has 2 aliphatic heterocycles. The third-order valence-corrected chi connectivity index (χ3v) is 4.25. The number of aliphatic hydroxyl groups excluding tert-OH is 1. The normalized spacial score (nSPS) is 30.6.